The number of aromatic nitrogens is 2. The van der Waals surface area contributed by atoms with Gasteiger partial charge in [-0.1, -0.05) is 24.1 Å². The fourth-order valence-electron chi connectivity index (χ4n) is 2.83. The van der Waals surface area contributed by atoms with E-state index in [1.165, 1.54) is 13.2 Å². The van der Waals surface area contributed by atoms with Crippen molar-refractivity contribution < 1.29 is 19.1 Å². The zero-order chi connectivity index (χ0) is 22.9. The van der Waals surface area contributed by atoms with Gasteiger partial charge in [0.05, 0.1) is 18.4 Å². The van der Waals surface area contributed by atoms with Crippen LogP contribution in [0, 0.1) is 12.3 Å². The van der Waals surface area contributed by atoms with E-state index in [9.17, 15) is 9.59 Å². The third-order valence-electron chi connectivity index (χ3n) is 4.31. The van der Waals surface area contributed by atoms with Crippen LogP contribution in [0.1, 0.15) is 15.9 Å². The molecule has 0 atom stereocenters. The van der Waals surface area contributed by atoms with E-state index < -0.39 is 5.91 Å². The first-order valence-corrected chi connectivity index (χ1v) is 9.63. The highest BCUT2D eigenvalue weighted by atomic mass is 16.5. The number of nitrogens with one attached hydrogen (secondary N) is 2. The number of amides is 2. The topological polar surface area (TPSA) is 94.5 Å². The first-order valence-electron chi connectivity index (χ1n) is 9.63. The summed E-state index contributed by atoms with van der Waals surface area (Å²) in [5.41, 5.74) is 1.43. The summed E-state index contributed by atoms with van der Waals surface area (Å²) in [5.74, 6) is 3.05. The number of carbonyl (C=O) groups is 2. The van der Waals surface area contributed by atoms with E-state index in [1.54, 1.807) is 72.5 Å². The molecule has 2 aromatic carbocycles. The van der Waals surface area contributed by atoms with Gasteiger partial charge < -0.3 is 20.1 Å². The number of anilines is 2. The first kappa shape index (κ1) is 22.2. The van der Waals surface area contributed by atoms with Crippen LogP contribution in [-0.4, -0.2) is 35.3 Å². The molecule has 32 heavy (non-hydrogen) atoms. The molecule has 0 aliphatic rings. The maximum Gasteiger partial charge on any atom is 0.258 e. The maximum absolute atomic E-state index is 12.6. The van der Waals surface area contributed by atoms with Crippen molar-refractivity contribution in [2.75, 3.05) is 24.4 Å². The summed E-state index contributed by atoms with van der Waals surface area (Å²) < 4.78 is 12.3. The Morgan fingerprint density at radius 1 is 1.16 bits per heavy atom. The van der Waals surface area contributed by atoms with E-state index in [0.717, 1.165) is 5.56 Å². The minimum Gasteiger partial charge on any atom is -0.493 e. The predicted octanol–water partition coefficient (Wildman–Crippen LogP) is 3.34. The second-order valence-corrected chi connectivity index (χ2v) is 6.60. The standard InChI is InChI=1S/C24H22N4O4/c1-4-15-32-20-11-9-17(16-21(20)31-3)10-12-23(29)25-19-8-6-5-7-18(19)24(30)26-22-13-14-28(2)27-22/h1,5-14,16H,15H2,2-3H3,(H,25,29)(H,26,27,30). The van der Waals surface area contributed by atoms with E-state index in [0.29, 0.717) is 28.6 Å². The molecule has 1 heterocycles. The Kier molecular flexibility index (Phi) is 7.28. The SMILES string of the molecule is C#CCOc1ccc(C=CC(=O)Nc2ccccc2C(=O)Nc2ccn(C)n2)cc1OC. The summed E-state index contributed by atoms with van der Waals surface area (Å²) in [6.45, 7) is 0.126. The molecule has 0 fully saturated rings. The van der Waals surface area contributed by atoms with Crippen LogP contribution in [0.3, 0.4) is 0 Å². The van der Waals surface area contributed by atoms with Crippen molar-refractivity contribution >= 4 is 29.4 Å². The monoisotopic (exact) mass is 430 g/mol. The normalized spacial score (nSPS) is 10.4. The summed E-state index contributed by atoms with van der Waals surface area (Å²) in [4.78, 5) is 25.1. The zero-order valence-corrected chi connectivity index (χ0v) is 17.7. The van der Waals surface area contributed by atoms with Crippen LogP contribution in [-0.2, 0) is 11.8 Å². The molecule has 0 spiro atoms. The summed E-state index contributed by atoms with van der Waals surface area (Å²) >= 11 is 0. The molecule has 0 bridgehead atoms. The second-order valence-electron chi connectivity index (χ2n) is 6.60. The largest absolute Gasteiger partial charge is 0.493 e. The number of aryl methyl sites for hydroxylation is 1. The third kappa shape index (κ3) is 5.77. The zero-order valence-electron chi connectivity index (χ0n) is 17.7. The number of nitrogens with zero attached hydrogens (tertiary/aromatic N) is 2. The molecule has 162 valence electrons. The molecule has 0 saturated carbocycles. The van der Waals surface area contributed by atoms with E-state index in [-0.39, 0.29) is 12.5 Å². The highest BCUT2D eigenvalue weighted by molar-refractivity contribution is 6.11. The van der Waals surface area contributed by atoms with Gasteiger partial charge in [-0.2, -0.15) is 5.10 Å². The van der Waals surface area contributed by atoms with E-state index in [4.69, 9.17) is 15.9 Å². The van der Waals surface area contributed by atoms with Crippen molar-refractivity contribution in [3.05, 3.63) is 71.9 Å². The van der Waals surface area contributed by atoms with Crippen molar-refractivity contribution in [2.24, 2.45) is 7.05 Å². The molecule has 0 saturated heterocycles. The van der Waals surface area contributed by atoms with Gasteiger partial charge in [-0.3, -0.25) is 14.3 Å². The number of ether oxygens (including phenoxy) is 2. The average Bonchev–Trinajstić information content (AvgIpc) is 3.21. The van der Waals surface area contributed by atoms with Crippen LogP contribution < -0.4 is 20.1 Å². The van der Waals surface area contributed by atoms with Crippen molar-refractivity contribution in [3.8, 4) is 23.8 Å². The van der Waals surface area contributed by atoms with Crippen molar-refractivity contribution in [1.82, 2.24) is 9.78 Å². The molecule has 0 radical (unpaired) electrons. The van der Waals surface area contributed by atoms with Crippen LogP contribution >= 0.6 is 0 Å². The van der Waals surface area contributed by atoms with Crippen LogP contribution in [0.5, 0.6) is 11.5 Å². The lowest BCUT2D eigenvalue weighted by molar-refractivity contribution is -0.111. The number of terminal acetylenes is 1. The summed E-state index contributed by atoms with van der Waals surface area (Å²) in [5, 5.41) is 9.56. The molecule has 3 rings (SSSR count). The van der Waals surface area contributed by atoms with Gasteiger partial charge >= 0.3 is 0 Å². The number of rotatable bonds is 8. The highest BCUT2D eigenvalue weighted by Crippen LogP contribution is 2.28. The number of para-hydroxylation sites is 1. The number of carbonyl (C=O) groups excluding carboxylic acids is 2. The minimum atomic E-state index is -0.394. The average molecular weight is 430 g/mol. The van der Waals surface area contributed by atoms with Gasteiger partial charge in [0.1, 0.15) is 6.61 Å². The minimum absolute atomic E-state index is 0.126. The highest BCUT2D eigenvalue weighted by Gasteiger charge is 2.13. The lowest BCUT2D eigenvalue weighted by atomic mass is 10.1. The van der Waals surface area contributed by atoms with E-state index in [2.05, 4.69) is 21.7 Å². The Bertz CT molecular complexity index is 1190. The Hall–Kier alpha value is -4.51. The van der Waals surface area contributed by atoms with Crippen molar-refractivity contribution in [1.29, 1.82) is 0 Å². The number of methoxy groups -OCH3 is 1. The Labute approximate surface area is 185 Å². The van der Waals surface area contributed by atoms with E-state index >= 15 is 0 Å². The number of hydrogen-bond donors (Lipinski definition) is 2. The van der Waals surface area contributed by atoms with Crippen LogP contribution in [0.4, 0.5) is 11.5 Å². The molecule has 0 unspecified atom stereocenters. The second kappa shape index (κ2) is 10.5. The molecular weight excluding hydrogens is 408 g/mol. The smallest absolute Gasteiger partial charge is 0.258 e. The molecule has 8 nitrogen and oxygen atoms in total. The van der Waals surface area contributed by atoms with Crippen LogP contribution in [0.25, 0.3) is 6.08 Å². The molecule has 1 aromatic heterocycles. The lowest BCUT2D eigenvalue weighted by Crippen LogP contribution is -2.17. The lowest BCUT2D eigenvalue weighted by Gasteiger charge is -2.10. The first-order chi connectivity index (χ1) is 15.5. The third-order valence-corrected chi connectivity index (χ3v) is 4.31. The fourth-order valence-corrected chi connectivity index (χ4v) is 2.83. The van der Waals surface area contributed by atoms with Crippen molar-refractivity contribution in [2.45, 2.75) is 0 Å². The molecule has 3 aromatic rings. The predicted molar refractivity (Wildman–Crippen MR) is 123 cm³/mol. The van der Waals surface area contributed by atoms with Gasteiger partial charge in [0, 0.05) is 25.4 Å². The molecular formula is C24H22N4O4. The van der Waals surface area contributed by atoms with Crippen LogP contribution in [0.15, 0.2) is 60.8 Å². The fraction of sp³-hybridized carbons (Fsp3) is 0.125. The van der Waals surface area contributed by atoms with Gasteiger partial charge in [0.15, 0.2) is 17.3 Å². The number of hydrogen-bond acceptors (Lipinski definition) is 5. The van der Waals surface area contributed by atoms with Gasteiger partial charge in [-0.05, 0) is 35.9 Å². The maximum atomic E-state index is 12.6. The molecule has 2 amide bonds. The Balaban J connectivity index is 1.69. The summed E-state index contributed by atoms with van der Waals surface area (Å²) in [6, 6.07) is 13.6. The summed E-state index contributed by atoms with van der Waals surface area (Å²) in [6.07, 6.45) is 9.92. The van der Waals surface area contributed by atoms with Gasteiger partial charge in [-0.15, -0.1) is 6.42 Å². The van der Waals surface area contributed by atoms with Crippen molar-refractivity contribution in [3.63, 3.8) is 0 Å². The summed E-state index contributed by atoms with van der Waals surface area (Å²) in [7, 11) is 3.27. The molecule has 0 aliphatic carbocycles. The molecule has 2 N–H and O–H groups in total. The van der Waals surface area contributed by atoms with Crippen LogP contribution in [0.2, 0.25) is 0 Å². The number of benzene rings is 2. The Morgan fingerprint density at radius 3 is 2.69 bits per heavy atom. The van der Waals surface area contributed by atoms with E-state index in [1.807, 2.05) is 0 Å². The Morgan fingerprint density at radius 2 is 1.97 bits per heavy atom. The van der Waals surface area contributed by atoms with Gasteiger partial charge in [-0.25, -0.2) is 0 Å². The van der Waals surface area contributed by atoms with Gasteiger partial charge in [0.2, 0.25) is 5.91 Å². The molecule has 0 aliphatic heterocycles. The quantitative estimate of drug-likeness (QED) is 0.422. The molecule has 8 heteroatoms. The van der Waals surface area contributed by atoms with Gasteiger partial charge in [0.25, 0.3) is 5.91 Å².